The van der Waals surface area contributed by atoms with Gasteiger partial charge in [-0.1, -0.05) is 0 Å². The van der Waals surface area contributed by atoms with Gasteiger partial charge in [0.1, 0.15) is 11.9 Å². The lowest BCUT2D eigenvalue weighted by Gasteiger charge is -2.14. The lowest BCUT2D eigenvalue weighted by atomic mass is 10.1. The van der Waals surface area contributed by atoms with E-state index in [0.717, 1.165) is 6.42 Å². The number of hydrogen-bond acceptors (Lipinski definition) is 4. The predicted octanol–water partition coefficient (Wildman–Crippen LogP) is 0.535. The second-order valence-corrected chi connectivity index (χ2v) is 3.72. The first-order chi connectivity index (χ1) is 7.66. The normalized spacial score (nSPS) is 19.6. The first kappa shape index (κ1) is 10.8. The van der Waals surface area contributed by atoms with Crippen molar-refractivity contribution in [3.05, 3.63) is 23.8 Å². The van der Waals surface area contributed by atoms with Gasteiger partial charge in [-0.05, 0) is 12.1 Å². The van der Waals surface area contributed by atoms with E-state index in [4.69, 9.17) is 20.9 Å². The molecule has 1 saturated heterocycles. The van der Waals surface area contributed by atoms with Crippen LogP contribution in [0.4, 0.5) is 5.69 Å². The molecule has 16 heavy (non-hydrogen) atoms. The second-order valence-electron chi connectivity index (χ2n) is 3.72. The summed E-state index contributed by atoms with van der Waals surface area (Å²) in [5, 5.41) is 0. The van der Waals surface area contributed by atoms with Crippen molar-refractivity contribution in [2.45, 2.75) is 12.5 Å². The maximum atomic E-state index is 11.2. The summed E-state index contributed by atoms with van der Waals surface area (Å²) in [4.78, 5) is 11.2. The van der Waals surface area contributed by atoms with Gasteiger partial charge in [0, 0.05) is 18.2 Å². The number of amides is 1. The molecule has 1 heterocycles. The van der Waals surface area contributed by atoms with E-state index >= 15 is 0 Å². The van der Waals surface area contributed by atoms with Crippen LogP contribution in [0.1, 0.15) is 16.8 Å². The van der Waals surface area contributed by atoms with Gasteiger partial charge in [-0.2, -0.15) is 0 Å². The summed E-state index contributed by atoms with van der Waals surface area (Å²) in [5.74, 6) is -0.0862. The van der Waals surface area contributed by atoms with Crippen molar-refractivity contribution in [1.29, 1.82) is 0 Å². The molecule has 1 aliphatic heterocycles. The maximum Gasteiger partial charge on any atom is 0.252 e. The lowest BCUT2D eigenvalue weighted by Crippen LogP contribution is -2.19. The number of ether oxygens (including phenoxy) is 2. The highest BCUT2D eigenvalue weighted by Gasteiger charge is 2.19. The Morgan fingerprint density at radius 1 is 1.50 bits per heavy atom. The van der Waals surface area contributed by atoms with Crippen LogP contribution in [-0.2, 0) is 4.74 Å². The summed E-state index contributed by atoms with van der Waals surface area (Å²) in [7, 11) is 0. The Morgan fingerprint density at radius 3 is 2.94 bits per heavy atom. The summed E-state index contributed by atoms with van der Waals surface area (Å²) in [6, 6.07) is 4.80. The highest BCUT2D eigenvalue weighted by Crippen LogP contribution is 2.24. The van der Waals surface area contributed by atoms with Crippen LogP contribution in [0, 0.1) is 0 Å². The van der Waals surface area contributed by atoms with Crippen molar-refractivity contribution in [1.82, 2.24) is 0 Å². The van der Waals surface area contributed by atoms with Gasteiger partial charge in [0.05, 0.1) is 18.8 Å². The predicted molar refractivity (Wildman–Crippen MR) is 59.2 cm³/mol. The summed E-state index contributed by atoms with van der Waals surface area (Å²) in [6.45, 7) is 1.21. The van der Waals surface area contributed by atoms with E-state index < -0.39 is 5.91 Å². The fourth-order valence-electron chi connectivity index (χ4n) is 1.63. The number of rotatable bonds is 3. The van der Waals surface area contributed by atoms with Crippen molar-refractivity contribution < 1.29 is 14.3 Å². The lowest BCUT2D eigenvalue weighted by molar-refractivity contribution is 0.0989. The van der Waals surface area contributed by atoms with Crippen molar-refractivity contribution >= 4 is 11.6 Å². The van der Waals surface area contributed by atoms with E-state index in [-0.39, 0.29) is 6.10 Å². The third kappa shape index (κ3) is 2.25. The second kappa shape index (κ2) is 4.40. The topological polar surface area (TPSA) is 87.6 Å². The molecule has 0 bridgehead atoms. The molecule has 4 N–H and O–H groups in total. The molecule has 1 aromatic rings. The van der Waals surface area contributed by atoms with Gasteiger partial charge in [-0.3, -0.25) is 4.79 Å². The van der Waals surface area contributed by atoms with Gasteiger partial charge < -0.3 is 20.9 Å². The molecule has 0 spiro atoms. The zero-order valence-electron chi connectivity index (χ0n) is 8.81. The van der Waals surface area contributed by atoms with Crippen LogP contribution in [0.25, 0.3) is 0 Å². The Hall–Kier alpha value is -1.75. The zero-order chi connectivity index (χ0) is 11.5. The summed E-state index contributed by atoms with van der Waals surface area (Å²) >= 11 is 0. The molecule has 1 amide bonds. The standard InChI is InChI=1S/C11H14N2O3/c12-7-1-2-9(11(13)14)10(5-7)16-8-3-4-15-6-8/h1-2,5,8H,3-4,6,12H2,(H2,13,14). The molecule has 2 rings (SSSR count). The number of primary amides is 1. The smallest absolute Gasteiger partial charge is 0.252 e. The molecule has 86 valence electrons. The third-order valence-corrected chi connectivity index (χ3v) is 2.45. The number of nitrogens with two attached hydrogens (primary N) is 2. The molecular weight excluding hydrogens is 208 g/mol. The first-order valence-electron chi connectivity index (χ1n) is 5.10. The SMILES string of the molecule is NC(=O)c1ccc(N)cc1OC1CCOC1. The van der Waals surface area contributed by atoms with E-state index in [1.807, 2.05) is 0 Å². The van der Waals surface area contributed by atoms with Crippen molar-refractivity contribution in [3.8, 4) is 5.75 Å². The van der Waals surface area contributed by atoms with Crippen LogP contribution >= 0.6 is 0 Å². The molecule has 0 radical (unpaired) electrons. The quantitative estimate of drug-likeness (QED) is 0.730. The highest BCUT2D eigenvalue weighted by atomic mass is 16.5. The minimum absolute atomic E-state index is 0.0279. The van der Waals surface area contributed by atoms with E-state index in [9.17, 15) is 4.79 Å². The van der Waals surface area contributed by atoms with Crippen molar-refractivity contribution in [2.24, 2.45) is 5.73 Å². The van der Waals surface area contributed by atoms with Crippen LogP contribution in [0.3, 0.4) is 0 Å². The van der Waals surface area contributed by atoms with E-state index in [1.54, 1.807) is 18.2 Å². The first-order valence-corrected chi connectivity index (χ1v) is 5.10. The molecule has 5 nitrogen and oxygen atoms in total. The number of carbonyl (C=O) groups is 1. The molecule has 0 saturated carbocycles. The minimum atomic E-state index is -0.520. The van der Waals surface area contributed by atoms with Crippen LogP contribution in [0.15, 0.2) is 18.2 Å². The van der Waals surface area contributed by atoms with Gasteiger partial charge >= 0.3 is 0 Å². The molecule has 1 atom stereocenters. The number of nitrogen functional groups attached to an aromatic ring is 1. The summed E-state index contributed by atoms with van der Waals surface area (Å²) < 4.78 is 10.8. The fourth-order valence-corrected chi connectivity index (χ4v) is 1.63. The molecule has 5 heteroatoms. The van der Waals surface area contributed by atoms with Crippen molar-refractivity contribution in [3.63, 3.8) is 0 Å². The Kier molecular flexibility index (Phi) is 2.96. The molecule has 0 aliphatic carbocycles. The van der Waals surface area contributed by atoms with Crippen LogP contribution in [0.2, 0.25) is 0 Å². The van der Waals surface area contributed by atoms with E-state index in [2.05, 4.69) is 0 Å². The molecule has 1 aromatic carbocycles. The van der Waals surface area contributed by atoms with Gasteiger partial charge in [0.25, 0.3) is 5.91 Å². The average Bonchev–Trinajstić information content (AvgIpc) is 2.70. The van der Waals surface area contributed by atoms with Gasteiger partial charge in [0.2, 0.25) is 0 Å². The zero-order valence-corrected chi connectivity index (χ0v) is 8.81. The molecule has 1 aliphatic rings. The molecular formula is C11H14N2O3. The van der Waals surface area contributed by atoms with Crippen LogP contribution in [-0.4, -0.2) is 25.2 Å². The Bertz CT molecular complexity index is 400. The number of benzene rings is 1. The summed E-state index contributed by atoms with van der Waals surface area (Å²) in [6.07, 6.45) is 0.785. The van der Waals surface area contributed by atoms with Crippen LogP contribution < -0.4 is 16.2 Å². The van der Waals surface area contributed by atoms with E-state index in [1.165, 1.54) is 0 Å². The largest absolute Gasteiger partial charge is 0.487 e. The Labute approximate surface area is 93.3 Å². The van der Waals surface area contributed by atoms with Crippen LogP contribution in [0.5, 0.6) is 5.75 Å². The molecule has 1 fully saturated rings. The minimum Gasteiger partial charge on any atom is -0.487 e. The number of anilines is 1. The molecule has 0 aromatic heterocycles. The Morgan fingerprint density at radius 2 is 2.31 bits per heavy atom. The highest BCUT2D eigenvalue weighted by molar-refractivity contribution is 5.96. The van der Waals surface area contributed by atoms with Gasteiger partial charge in [-0.15, -0.1) is 0 Å². The van der Waals surface area contributed by atoms with Gasteiger partial charge in [0.15, 0.2) is 0 Å². The maximum absolute atomic E-state index is 11.2. The monoisotopic (exact) mass is 222 g/mol. The number of hydrogen-bond donors (Lipinski definition) is 2. The average molecular weight is 222 g/mol. The van der Waals surface area contributed by atoms with Crippen molar-refractivity contribution in [2.75, 3.05) is 18.9 Å². The van der Waals surface area contributed by atoms with E-state index in [0.29, 0.717) is 30.2 Å². The Balaban J connectivity index is 2.22. The fraction of sp³-hybridized carbons (Fsp3) is 0.364. The summed E-state index contributed by atoms with van der Waals surface area (Å²) in [5.41, 5.74) is 11.8. The molecule has 1 unspecified atom stereocenters. The third-order valence-electron chi connectivity index (χ3n) is 2.45. The number of carbonyl (C=O) groups excluding carboxylic acids is 1. The van der Waals surface area contributed by atoms with Gasteiger partial charge in [-0.25, -0.2) is 0 Å².